The molecule has 0 spiro atoms. The topological polar surface area (TPSA) is 33.7 Å². The molecule has 19 heavy (non-hydrogen) atoms. The first-order chi connectivity index (χ1) is 9.21. The molecule has 2 unspecified atom stereocenters. The summed E-state index contributed by atoms with van der Waals surface area (Å²) in [7, 11) is 5.38. The van der Waals surface area contributed by atoms with Gasteiger partial charge in [0.2, 0.25) is 0 Å². The highest BCUT2D eigenvalue weighted by Crippen LogP contribution is 2.31. The van der Waals surface area contributed by atoms with Gasteiger partial charge < -0.3 is 19.7 Å². The first kappa shape index (κ1) is 14.6. The van der Waals surface area contributed by atoms with Crippen molar-refractivity contribution >= 4 is 17.3 Å². The normalized spacial score (nSPS) is 23.1. The average molecular weight is 285 g/mol. The number of hydrogen-bond acceptors (Lipinski definition) is 4. The van der Waals surface area contributed by atoms with Crippen LogP contribution in [0.15, 0.2) is 18.2 Å². The highest BCUT2D eigenvalue weighted by Gasteiger charge is 2.33. The van der Waals surface area contributed by atoms with Crippen molar-refractivity contribution in [3.05, 3.63) is 28.8 Å². The van der Waals surface area contributed by atoms with Crippen molar-refractivity contribution < 1.29 is 9.47 Å². The van der Waals surface area contributed by atoms with E-state index >= 15 is 0 Å². The Morgan fingerprint density at radius 2 is 1.89 bits per heavy atom. The number of rotatable bonds is 5. The number of ether oxygens (including phenoxy) is 2. The minimum atomic E-state index is 0.103. The molecule has 1 heterocycles. The van der Waals surface area contributed by atoms with Crippen LogP contribution in [0.4, 0.5) is 5.69 Å². The van der Waals surface area contributed by atoms with Gasteiger partial charge in [0.25, 0.3) is 0 Å². The fourth-order valence-corrected chi connectivity index (χ4v) is 2.83. The summed E-state index contributed by atoms with van der Waals surface area (Å²) in [5.41, 5.74) is 2.28. The summed E-state index contributed by atoms with van der Waals surface area (Å²) < 4.78 is 11.0. The van der Waals surface area contributed by atoms with Gasteiger partial charge in [-0.3, -0.25) is 0 Å². The van der Waals surface area contributed by atoms with E-state index in [4.69, 9.17) is 21.1 Å². The van der Waals surface area contributed by atoms with Crippen molar-refractivity contribution in [1.82, 2.24) is 5.32 Å². The number of nitrogens with zero attached hydrogens (tertiary/aromatic N) is 1. The molecule has 1 saturated heterocycles. The molecule has 1 aromatic rings. The van der Waals surface area contributed by atoms with Gasteiger partial charge in [0.1, 0.15) is 12.2 Å². The molecular formula is C14H21ClN2O2. The molecule has 2 rings (SSSR count). The third kappa shape index (κ3) is 3.03. The van der Waals surface area contributed by atoms with Crippen LogP contribution in [-0.2, 0) is 16.0 Å². The first-order valence-corrected chi connectivity index (χ1v) is 6.81. The van der Waals surface area contributed by atoms with Gasteiger partial charge in [-0.15, -0.1) is 0 Å². The van der Waals surface area contributed by atoms with Gasteiger partial charge in [-0.1, -0.05) is 17.7 Å². The largest absolute Gasteiger partial charge is 0.377 e. The maximum absolute atomic E-state index is 6.30. The summed E-state index contributed by atoms with van der Waals surface area (Å²) >= 11 is 6.30. The summed E-state index contributed by atoms with van der Waals surface area (Å²) in [5.74, 6) is 0. The number of anilines is 1. The van der Waals surface area contributed by atoms with E-state index in [0.717, 1.165) is 35.9 Å². The zero-order valence-electron chi connectivity index (χ0n) is 11.6. The highest BCUT2D eigenvalue weighted by atomic mass is 35.5. The number of halogens is 1. The molecule has 4 nitrogen and oxygen atoms in total. The van der Waals surface area contributed by atoms with Crippen molar-refractivity contribution in [2.24, 2.45) is 0 Å². The molecule has 1 aliphatic rings. The lowest BCUT2D eigenvalue weighted by molar-refractivity contribution is -0.00461. The van der Waals surface area contributed by atoms with Gasteiger partial charge in [0, 0.05) is 50.1 Å². The lowest BCUT2D eigenvalue weighted by Crippen LogP contribution is -2.27. The van der Waals surface area contributed by atoms with E-state index in [1.165, 1.54) is 0 Å². The maximum atomic E-state index is 6.30. The Labute approximate surface area is 119 Å². The molecule has 106 valence electrons. The molecule has 1 aliphatic heterocycles. The minimum absolute atomic E-state index is 0.103. The van der Waals surface area contributed by atoms with Crippen LogP contribution >= 0.6 is 11.6 Å². The van der Waals surface area contributed by atoms with E-state index in [1.54, 1.807) is 14.2 Å². The summed E-state index contributed by atoms with van der Waals surface area (Å²) in [5, 5.41) is 3.96. The lowest BCUT2D eigenvalue weighted by Gasteiger charge is -2.22. The molecule has 5 heteroatoms. The van der Waals surface area contributed by atoms with Crippen LogP contribution in [0.2, 0.25) is 5.02 Å². The molecule has 0 radical (unpaired) electrons. The fourth-order valence-electron chi connectivity index (χ4n) is 2.59. The van der Waals surface area contributed by atoms with Gasteiger partial charge in [-0.05, 0) is 19.2 Å². The molecule has 1 fully saturated rings. The summed E-state index contributed by atoms with van der Waals surface area (Å²) in [4.78, 5) is 2.28. The first-order valence-electron chi connectivity index (χ1n) is 6.43. The van der Waals surface area contributed by atoms with Gasteiger partial charge in [-0.25, -0.2) is 0 Å². The Bertz CT molecular complexity index is 416. The molecule has 0 aliphatic carbocycles. The summed E-state index contributed by atoms with van der Waals surface area (Å²) in [6, 6.07) is 6.01. The van der Waals surface area contributed by atoms with Crippen LogP contribution in [0.25, 0.3) is 0 Å². The second-order valence-electron chi connectivity index (χ2n) is 4.72. The Balaban J connectivity index is 2.25. The smallest absolute Gasteiger partial charge is 0.102 e. The SMILES string of the molecule is CNCc1c(Cl)cccc1N1CC(OC)C(OC)C1. The molecule has 1 aromatic carbocycles. The van der Waals surface area contributed by atoms with Crippen LogP contribution in [0, 0.1) is 0 Å². The Morgan fingerprint density at radius 1 is 1.26 bits per heavy atom. The van der Waals surface area contributed by atoms with E-state index < -0.39 is 0 Å². The zero-order valence-corrected chi connectivity index (χ0v) is 12.4. The Kier molecular flexibility index (Phi) is 5.05. The minimum Gasteiger partial charge on any atom is -0.377 e. The van der Waals surface area contributed by atoms with Crippen LogP contribution in [0.5, 0.6) is 0 Å². The summed E-state index contributed by atoms with van der Waals surface area (Å²) in [6.45, 7) is 2.40. The van der Waals surface area contributed by atoms with Crippen molar-refractivity contribution in [2.75, 3.05) is 39.3 Å². The number of methoxy groups -OCH3 is 2. The van der Waals surface area contributed by atoms with Crippen LogP contribution in [0.1, 0.15) is 5.56 Å². The third-order valence-electron chi connectivity index (χ3n) is 3.61. The van der Waals surface area contributed by atoms with E-state index in [1.807, 2.05) is 19.2 Å². The molecule has 0 aromatic heterocycles. The van der Waals surface area contributed by atoms with Crippen LogP contribution in [0.3, 0.4) is 0 Å². The van der Waals surface area contributed by atoms with Gasteiger partial charge in [-0.2, -0.15) is 0 Å². The number of benzene rings is 1. The standard InChI is InChI=1S/C14H21ClN2O2/c1-16-7-10-11(15)5-4-6-12(10)17-8-13(18-2)14(9-17)19-3/h4-6,13-14,16H,7-9H2,1-3H3. The predicted octanol–water partition coefficient (Wildman–Crippen LogP) is 1.91. The second kappa shape index (κ2) is 6.57. The molecule has 1 N–H and O–H groups in total. The quantitative estimate of drug-likeness (QED) is 0.896. The fraction of sp³-hybridized carbons (Fsp3) is 0.571. The molecule has 0 bridgehead atoms. The molecule has 2 atom stereocenters. The van der Waals surface area contributed by atoms with Crippen molar-refractivity contribution in [3.63, 3.8) is 0 Å². The number of hydrogen-bond donors (Lipinski definition) is 1. The van der Waals surface area contributed by atoms with Gasteiger partial charge in [0.15, 0.2) is 0 Å². The zero-order chi connectivity index (χ0) is 13.8. The monoisotopic (exact) mass is 284 g/mol. The van der Waals surface area contributed by atoms with E-state index in [-0.39, 0.29) is 12.2 Å². The molecule has 0 saturated carbocycles. The van der Waals surface area contributed by atoms with Crippen molar-refractivity contribution in [3.8, 4) is 0 Å². The second-order valence-corrected chi connectivity index (χ2v) is 5.13. The molecule has 0 amide bonds. The Morgan fingerprint density at radius 3 is 2.42 bits per heavy atom. The highest BCUT2D eigenvalue weighted by molar-refractivity contribution is 6.31. The van der Waals surface area contributed by atoms with Crippen molar-refractivity contribution in [1.29, 1.82) is 0 Å². The third-order valence-corrected chi connectivity index (χ3v) is 3.96. The van der Waals surface area contributed by atoms with Gasteiger partial charge in [0.05, 0.1) is 0 Å². The van der Waals surface area contributed by atoms with E-state index in [2.05, 4.69) is 16.3 Å². The van der Waals surface area contributed by atoms with Crippen molar-refractivity contribution in [2.45, 2.75) is 18.8 Å². The Hall–Kier alpha value is -0.810. The van der Waals surface area contributed by atoms with E-state index in [0.29, 0.717) is 0 Å². The van der Waals surface area contributed by atoms with Crippen LogP contribution in [-0.4, -0.2) is 46.6 Å². The lowest BCUT2D eigenvalue weighted by atomic mass is 10.1. The predicted molar refractivity (Wildman–Crippen MR) is 78.0 cm³/mol. The van der Waals surface area contributed by atoms with E-state index in [9.17, 15) is 0 Å². The summed E-state index contributed by atoms with van der Waals surface area (Å²) in [6.07, 6.45) is 0.206. The average Bonchev–Trinajstić information content (AvgIpc) is 2.84. The van der Waals surface area contributed by atoms with Gasteiger partial charge >= 0.3 is 0 Å². The number of nitrogens with one attached hydrogen (secondary N) is 1. The maximum Gasteiger partial charge on any atom is 0.102 e. The molecular weight excluding hydrogens is 264 g/mol. The van der Waals surface area contributed by atoms with Crippen LogP contribution < -0.4 is 10.2 Å².